The Hall–Kier alpha value is -1.10. The van der Waals surface area contributed by atoms with Crippen LogP contribution in [0.25, 0.3) is 0 Å². The summed E-state index contributed by atoms with van der Waals surface area (Å²) in [5, 5.41) is 6.50. The van der Waals surface area contributed by atoms with Crippen molar-refractivity contribution in [2.75, 3.05) is 33.4 Å². The van der Waals surface area contributed by atoms with Crippen LogP contribution in [-0.2, 0) is 9.53 Å². The van der Waals surface area contributed by atoms with Gasteiger partial charge in [0.25, 0.3) is 0 Å². The van der Waals surface area contributed by atoms with Crippen LogP contribution in [0.4, 0.5) is 0 Å². The zero-order valence-electron chi connectivity index (χ0n) is 14.1. The molecule has 0 spiro atoms. The number of hydrogen-bond donors (Lipinski definition) is 2. The van der Waals surface area contributed by atoms with Crippen LogP contribution in [0.2, 0.25) is 0 Å². The minimum absolute atomic E-state index is 0. The Morgan fingerprint density at radius 3 is 2.52 bits per heavy atom. The third-order valence-corrected chi connectivity index (χ3v) is 4.74. The minimum Gasteiger partial charge on any atom is -0.384 e. The number of carbonyl (C=O) groups is 1. The molecule has 1 unspecified atom stereocenters. The molecule has 130 valence electrons. The molecule has 1 saturated heterocycles. The number of piperidine rings is 1. The third kappa shape index (κ3) is 5.20. The van der Waals surface area contributed by atoms with Gasteiger partial charge in [-0.05, 0) is 37.9 Å². The second-order valence-corrected chi connectivity index (χ2v) is 6.19. The molecule has 4 nitrogen and oxygen atoms in total. The molecule has 0 aromatic heterocycles. The highest BCUT2D eigenvalue weighted by molar-refractivity contribution is 5.85. The van der Waals surface area contributed by atoms with Crippen molar-refractivity contribution in [1.29, 1.82) is 0 Å². The van der Waals surface area contributed by atoms with E-state index in [-0.39, 0.29) is 23.7 Å². The van der Waals surface area contributed by atoms with Crippen molar-refractivity contribution in [3.63, 3.8) is 0 Å². The fourth-order valence-corrected chi connectivity index (χ4v) is 3.25. The molecular formula is C18H29ClN2O2. The summed E-state index contributed by atoms with van der Waals surface area (Å²) in [7, 11) is 1.68. The van der Waals surface area contributed by atoms with Gasteiger partial charge >= 0.3 is 0 Å². The van der Waals surface area contributed by atoms with Gasteiger partial charge in [0.05, 0.1) is 12.0 Å². The Morgan fingerprint density at radius 2 is 1.96 bits per heavy atom. The van der Waals surface area contributed by atoms with Gasteiger partial charge < -0.3 is 15.4 Å². The van der Waals surface area contributed by atoms with E-state index in [1.807, 2.05) is 6.07 Å². The number of halogens is 1. The zero-order chi connectivity index (χ0) is 15.8. The number of hydrogen-bond acceptors (Lipinski definition) is 3. The lowest BCUT2D eigenvalue weighted by atomic mass is 9.78. The Bertz CT molecular complexity index is 456. The van der Waals surface area contributed by atoms with Crippen LogP contribution in [0.5, 0.6) is 0 Å². The fraction of sp³-hybridized carbons (Fsp3) is 0.611. The van der Waals surface area contributed by atoms with E-state index in [1.165, 1.54) is 5.56 Å². The summed E-state index contributed by atoms with van der Waals surface area (Å²) >= 11 is 0. The molecule has 2 rings (SSSR count). The maximum Gasteiger partial charge on any atom is 0.228 e. The topological polar surface area (TPSA) is 50.4 Å². The zero-order valence-corrected chi connectivity index (χ0v) is 15.0. The van der Waals surface area contributed by atoms with Crippen LogP contribution >= 0.6 is 12.4 Å². The molecule has 1 aliphatic heterocycles. The number of methoxy groups -OCH3 is 1. The summed E-state index contributed by atoms with van der Waals surface area (Å²) in [5.74, 6) is 0.511. The molecule has 23 heavy (non-hydrogen) atoms. The monoisotopic (exact) mass is 340 g/mol. The van der Waals surface area contributed by atoms with E-state index in [2.05, 4.69) is 41.8 Å². The molecule has 0 aliphatic carbocycles. The quantitative estimate of drug-likeness (QED) is 0.802. The average molecular weight is 341 g/mol. The molecule has 1 atom stereocenters. The van der Waals surface area contributed by atoms with Crippen LogP contribution in [0.3, 0.4) is 0 Å². The van der Waals surface area contributed by atoms with Gasteiger partial charge in [-0.3, -0.25) is 4.79 Å². The molecule has 0 saturated carbocycles. The highest BCUT2D eigenvalue weighted by atomic mass is 35.5. The molecule has 0 radical (unpaired) electrons. The largest absolute Gasteiger partial charge is 0.384 e. The number of rotatable bonds is 7. The number of amides is 1. The van der Waals surface area contributed by atoms with E-state index in [9.17, 15) is 4.79 Å². The lowest BCUT2D eigenvalue weighted by Gasteiger charge is -2.36. The lowest BCUT2D eigenvalue weighted by Crippen LogP contribution is -2.50. The highest BCUT2D eigenvalue weighted by Crippen LogP contribution is 2.30. The SMILES string of the molecule is CCC(CNC(=O)C1(COC)CCNCC1)c1ccccc1.Cl. The van der Waals surface area contributed by atoms with Crippen molar-refractivity contribution < 1.29 is 9.53 Å². The molecule has 1 amide bonds. The van der Waals surface area contributed by atoms with E-state index in [4.69, 9.17) is 4.74 Å². The van der Waals surface area contributed by atoms with Gasteiger partial charge in [-0.2, -0.15) is 0 Å². The summed E-state index contributed by atoms with van der Waals surface area (Å²) in [5.41, 5.74) is 0.922. The van der Waals surface area contributed by atoms with Crippen LogP contribution in [0, 0.1) is 5.41 Å². The molecule has 0 bridgehead atoms. The third-order valence-electron chi connectivity index (χ3n) is 4.74. The van der Waals surface area contributed by atoms with Gasteiger partial charge in [0.15, 0.2) is 0 Å². The van der Waals surface area contributed by atoms with Gasteiger partial charge in [0.1, 0.15) is 0 Å². The maximum atomic E-state index is 12.7. The van der Waals surface area contributed by atoms with Crippen molar-refractivity contribution in [2.24, 2.45) is 5.41 Å². The number of benzene rings is 1. The number of nitrogens with one attached hydrogen (secondary N) is 2. The molecule has 1 heterocycles. The van der Waals surface area contributed by atoms with Crippen LogP contribution in [0.15, 0.2) is 30.3 Å². The first-order valence-corrected chi connectivity index (χ1v) is 8.25. The summed E-state index contributed by atoms with van der Waals surface area (Å²) in [4.78, 5) is 12.7. The van der Waals surface area contributed by atoms with Gasteiger partial charge in [-0.25, -0.2) is 0 Å². The highest BCUT2D eigenvalue weighted by Gasteiger charge is 2.39. The second-order valence-electron chi connectivity index (χ2n) is 6.19. The van der Waals surface area contributed by atoms with E-state index >= 15 is 0 Å². The Balaban J connectivity index is 0.00000264. The molecule has 2 N–H and O–H groups in total. The van der Waals surface area contributed by atoms with E-state index in [0.29, 0.717) is 19.1 Å². The molecule has 5 heteroatoms. The van der Waals surface area contributed by atoms with Gasteiger partial charge in [0, 0.05) is 19.6 Å². The molecule has 1 fully saturated rings. The van der Waals surface area contributed by atoms with Gasteiger partial charge in [-0.15, -0.1) is 12.4 Å². The minimum atomic E-state index is -0.366. The Kier molecular flexibility index (Phi) is 8.59. The van der Waals surface area contributed by atoms with Gasteiger partial charge in [0.2, 0.25) is 5.91 Å². The summed E-state index contributed by atoms with van der Waals surface area (Å²) in [6.45, 7) is 5.12. The number of carbonyl (C=O) groups excluding carboxylic acids is 1. The van der Waals surface area contributed by atoms with Crippen molar-refractivity contribution in [3.05, 3.63) is 35.9 Å². The van der Waals surface area contributed by atoms with Crippen LogP contribution in [-0.4, -0.2) is 39.3 Å². The lowest BCUT2D eigenvalue weighted by molar-refractivity contribution is -0.136. The first-order chi connectivity index (χ1) is 10.7. The molecule has 1 aliphatic rings. The Morgan fingerprint density at radius 1 is 1.30 bits per heavy atom. The smallest absolute Gasteiger partial charge is 0.228 e. The Labute approximate surface area is 145 Å². The standard InChI is InChI=1S/C18H28N2O2.ClH/c1-3-15(16-7-5-4-6-8-16)13-20-17(21)18(14-22-2)9-11-19-12-10-18;/h4-8,15,19H,3,9-14H2,1-2H3,(H,20,21);1H. The maximum absolute atomic E-state index is 12.7. The predicted octanol–water partition coefficient (Wildman–Crippen LogP) is 2.73. The first-order valence-electron chi connectivity index (χ1n) is 8.25. The van der Waals surface area contributed by atoms with Crippen LogP contribution < -0.4 is 10.6 Å². The first kappa shape index (κ1) is 19.9. The van der Waals surface area contributed by atoms with Crippen molar-refractivity contribution in [2.45, 2.75) is 32.1 Å². The van der Waals surface area contributed by atoms with Crippen molar-refractivity contribution in [1.82, 2.24) is 10.6 Å². The average Bonchev–Trinajstić information content (AvgIpc) is 2.57. The normalized spacial score (nSPS) is 17.8. The summed E-state index contributed by atoms with van der Waals surface area (Å²) in [6.07, 6.45) is 2.70. The molecular weight excluding hydrogens is 312 g/mol. The van der Waals surface area contributed by atoms with E-state index in [0.717, 1.165) is 32.4 Å². The summed E-state index contributed by atoms with van der Waals surface area (Å²) < 4.78 is 5.33. The summed E-state index contributed by atoms with van der Waals surface area (Å²) in [6, 6.07) is 10.4. The van der Waals surface area contributed by atoms with Crippen LogP contribution in [0.1, 0.15) is 37.7 Å². The number of ether oxygens (including phenoxy) is 1. The van der Waals surface area contributed by atoms with Crippen molar-refractivity contribution in [3.8, 4) is 0 Å². The van der Waals surface area contributed by atoms with Gasteiger partial charge in [-0.1, -0.05) is 37.3 Å². The van der Waals surface area contributed by atoms with E-state index < -0.39 is 0 Å². The van der Waals surface area contributed by atoms with E-state index in [1.54, 1.807) is 7.11 Å². The van der Waals surface area contributed by atoms with Crippen molar-refractivity contribution >= 4 is 18.3 Å². The predicted molar refractivity (Wildman–Crippen MR) is 96.1 cm³/mol. The fourth-order valence-electron chi connectivity index (χ4n) is 3.25. The molecule has 1 aromatic rings. The molecule has 1 aromatic carbocycles. The second kappa shape index (κ2) is 9.91.